The Morgan fingerprint density at radius 3 is 2.25 bits per heavy atom. The Kier molecular flexibility index (Phi) is 4.60. The monoisotopic (exact) mass is 405 g/mol. The van der Waals surface area contributed by atoms with Gasteiger partial charge in [0.2, 0.25) is 0 Å². The second-order valence-corrected chi connectivity index (χ2v) is 6.36. The van der Waals surface area contributed by atoms with Crippen molar-refractivity contribution < 1.29 is 17.7 Å². The van der Waals surface area contributed by atoms with E-state index in [0.29, 0.717) is 27.6 Å². The Hall–Kier alpha value is -3.20. The molecule has 0 unspecified atom stereocenters. The Bertz CT molecular complexity index is 1070. The van der Waals surface area contributed by atoms with Crippen molar-refractivity contribution in [1.29, 1.82) is 0 Å². The fourth-order valence-corrected chi connectivity index (χ4v) is 2.89. The molecule has 0 spiro atoms. The van der Waals surface area contributed by atoms with E-state index in [-0.39, 0.29) is 6.54 Å². The summed E-state index contributed by atoms with van der Waals surface area (Å²) in [6, 6.07) is 11.7. The summed E-state index contributed by atoms with van der Waals surface area (Å²) < 4.78 is 45.5. The molecular weight excluding hydrogens is 395 g/mol. The van der Waals surface area contributed by atoms with E-state index >= 15 is 0 Å². The van der Waals surface area contributed by atoms with Crippen LogP contribution in [0.15, 0.2) is 59.4 Å². The number of benzene rings is 2. The van der Waals surface area contributed by atoms with Gasteiger partial charge in [-0.05, 0) is 40.3 Å². The topological polar surface area (TPSA) is 69.6 Å². The summed E-state index contributed by atoms with van der Waals surface area (Å²) in [7, 11) is 0. The van der Waals surface area contributed by atoms with E-state index in [2.05, 4.69) is 20.7 Å². The van der Waals surface area contributed by atoms with Crippen molar-refractivity contribution in [2.75, 3.05) is 0 Å². The summed E-state index contributed by atoms with van der Waals surface area (Å²) in [6.07, 6.45) is -2.99. The second-order valence-electron chi connectivity index (χ2n) is 5.92. The number of hydrogen-bond donors (Lipinski definition) is 0. The SMILES string of the molecule is FC(F)(F)c1ccc(-c2noc(Cn3cnnn3)c2-c2ccc(Cl)cc2)cc1. The molecule has 0 saturated carbocycles. The van der Waals surface area contributed by atoms with Gasteiger partial charge in [-0.3, -0.25) is 0 Å². The number of hydrogen-bond acceptors (Lipinski definition) is 5. The van der Waals surface area contributed by atoms with Crippen LogP contribution in [0.5, 0.6) is 0 Å². The average Bonchev–Trinajstić information content (AvgIpc) is 3.32. The molecule has 2 aromatic carbocycles. The summed E-state index contributed by atoms with van der Waals surface area (Å²) in [4.78, 5) is 0. The van der Waals surface area contributed by atoms with Crippen LogP contribution in [0.25, 0.3) is 22.4 Å². The highest BCUT2D eigenvalue weighted by atomic mass is 35.5. The molecule has 4 aromatic rings. The quantitative estimate of drug-likeness (QED) is 0.491. The van der Waals surface area contributed by atoms with E-state index in [1.54, 1.807) is 24.3 Å². The maximum absolute atomic E-state index is 12.9. The second kappa shape index (κ2) is 7.08. The van der Waals surface area contributed by atoms with Crippen LogP contribution in [0, 0.1) is 0 Å². The minimum absolute atomic E-state index is 0.207. The van der Waals surface area contributed by atoms with E-state index < -0.39 is 11.7 Å². The molecule has 0 atom stereocenters. The third kappa shape index (κ3) is 3.61. The Balaban J connectivity index is 1.80. The first kappa shape index (κ1) is 18.2. The molecule has 0 aliphatic rings. The summed E-state index contributed by atoms with van der Waals surface area (Å²) in [5.41, 5.74) is 1.56. The van der Waals surface area contributed by atoms with Crippen molar-refractivity contribution >= 4 is 11.6 Å². The molecule has 0 aliphatic carbocycles. The number of halogens is 4. The van der Waals surface area contributed by atoms with Crippen LogP contribution in [0.4, 0.5) is 13.2 Å². The maximum atomic E-state index is 12.9. The molecule has 0 radical (unpaired) electrons. The van der Waals surface area contributed by atoms with Crippen molar-refractivity contribution in [1.82, 2.24) is 25.4 Å². The van der Waals surface area contributed by atoms with E-state index in [1.807, 2.05) is 0 Å². The first-order valence-corrected chi connectivity index (χ1v) is 8.42. The predicted octanol–water partition coefficient (Wildman–Crippen LogP) is 4.72. The van der Waals surface area contributed by atoms with Gasteiger partial charge in [-0.2, -0.15) is 13.2 Å². The van der Waals surface area contributed by atoms with Crippen LogP contribution in [0.1, 0.15) is 11.3 Å². The lowest BCUT2D eigenvalue weighted by Crippen LogP contribution is -2.04. The van der Waals surface area contributed by atoms with Crippen molar-refractivity contribution in [3.63, 3.8) is 0 Å². The number of rotatable bonds is 4. The molecule has 6 nitrogen and oxygen atoms in total. The van der Waals surface area contributed by atoms with Crippen molar-refractivity contribution in [2.45, 2.75) is 12.7 Å². The van der Waals surface area contributed by atoms with Gasteiger partial charge in [-0.25, -0.2) is 4.68 Å². The molecule has 0 N–H and O–H groups in total. The Morgan fingerprint density at radius 2 is 1.64 bits per heavy atom. The summed E-state index contributed by atoms with van der Waals surface area (Å²) >= 11 is 5.97. The van der Waals surface area contributed by atoms with Crippen molar-refractivity contribution in [3.8, 4) is 22.4 Å². The highest BCUT2D eigenvalue weighted by Gasteiger charge is 2.30. The van der Waals surface area contributed by atoms with Gasteiger partial charge in [0.15, 0.2) is 5.76 Å². The fraction of sp³-hybridized carbons (Fsp3) is 0.111. The van der Waals surface area contributed by atoms with Gasteiger partial charge in [0.25, 0.3) is 0 Å². The van der Waals surface area contributed by atoms with E-state index in [4.69, 9.17) is 16.1 Å². The molecular formula is C18H11ClF3N5O. The van der Waals surface area contributed by atoms with Crippen LogP contribution in [0.3, 0.4) is 0 Å². The summed E-state index contributed by atoms with van der Waals surface area (Å²) in [5, 5.41) is 15.6. The zero-order chi connectivity index (χ0) is 19.7. The number of aromatic nitrogens is 5. The van der Waals surface area contributed by atoms with Gasteiger partial charge in [-0.15, -0.1) is 5.10 Å². The van der Waals surface area contributed by atoms with Crippen LogP contribution >= 0.6 is 11.6 Å². The van der Waals surface area contributed by atoms with Gasteiger partial charge < -0.3 is 4.52 Å². The Labute approximate surface area is 161 Å². The van der Waals surface area contributed by atoms with Crippen LogP contribution < -0.4 is 0 Å². The zero-order valence-corrected chi connectivity index (χ0v) is 14.8. The molecule has 2 heterocycles. The molecule has 0 bridgehead atoms. The van der Waals surface area contributed by atoms with E-state index in [1.165, 1.54) is 23.1 Å². The lowest BCUT2D eigenvalue weighted by Gasteiger charge is -2.08. The molecule has 0 aliphatic heterocycles. The van der Waals surface area contributed by atoms with Gasteiger partial charge in [0.05, 0.1) is 11.1 Å². The molecule has 28 heavy (non-hydrogen) atoms. The lowest BCUT2D eigenvalue weighted by atomic mass is 9.98. The lowest BCUT2D eigenvalue weighted by molar-refractivity contribution is -0.137. The van der Waals surface area contributed by atoms with Gasteiger partial charge in [0.1, 0.15) is 18.6 Å². The first-order valence-electron chi connectivity index (χ1n) is 8.05. The van der Waals surface area contributed by atoms with Crippen molar-refractivity contribution in [3.05, 3.63) is 71.2 Å². The fourth-order valence-electron chi connectivity index (χ4n) is 2.76. The predicted molar refractivity (Wildman–Crippen MR) is 94.3 cm³/mol. The molecule has 4 rings (SSSR count). The normalized spacial score (nSPS) is 11.7. The van der Waals surface area contributed by atoms with Crippen LogP contribution in [-0.2, 0) is 12.7 Å². The largest absolute Gasteiger partial charge is 0.416 e. The highest BCUT2D eigenvalue weighted by molar-refractivity contribution is 6.30. The summed E-state index contributed by atoms with van der Waals surface area (Å²) in [5.74, 6) is 0.463. The number of nitrogens with zero attached hydrogens (tertiary/aromatic N) is 5. The maximum Gasteiger partial charge on any atom is 0.416 e. The minimum Gasteiger partial charge on any atom is -0.358 e. The minimum atomic E-state index is -4.41. The van der Waals surface area contributed by atoms with Crippen LogP contribution in [0.2, 0.25) is 5.02 Å². The van der Waals surface area contributed by atoms with Gasteiger partial charge >= 0.3 is 6.18 Å². The standard InChI is InChI=1S/C18H11ClF3N5O/c19-14-7-3-11(4-8-14)16-15(9-27-10-23-25-26-27)28-24-17(16)12-1-5-13(6-2-12)18(20,21)22/h1-8,10H,9H2. The third-order valence-corrected chi connectivity index (χ3v) is 4.33. The van der Waals surface area contributed by atoms with Gasteiger partial charge in [-0.1, -0.05) is 41.0 Å². The van der Waals surface area contributed by atoms with Crippen LogP contribution in [-0.4, -0.2) is 25.4 Å². The van der Waals surface area contributed by atoms with E-state index in [9.17, 15) is 13.2 Å². The average molecular weight is 406 g/mol. The molecule has 0 fully saturated rings. The molecule has 142 valence electrons. The molecule has 0 amide bonds. The zero-order valence-electron chi connectivity index (χ0n) is 14.1. The Morgan fingerprint density at radius 1 is 0.964 bits per heavy atom. The number of alkyl halides is 3. The van der Waals surface area contributed by atoms with Gasteiger partial charge in [0, 0.05) is 10.6 Å². The third-order valence-electron chi connectivity index (χ3n) is 4.08. The highest BCUT2D eigenvalue weighted by Crippen LogP contribution is 2.37. The number of tetrazole rings is 1. The first-order chi connectivity index (χ1) is 13.4. The van der Waals surface area contributed by atoms with Crippen molar-refractivity contribution in [2.24, 2.45) is 0 Å². The van der Waals surface area contributed by atoms with E-state index in [0.717, 1.165) is 17.7 Å². The molecule has 10 heteroatoms. The summed E-state index contributed by atoms with van der Waals surface area (Å²) in [6.45, 7) is 0.207. The molecule has 0 saturated heterocycles. The smallest absolute Gasteiger partial charge is 0.358 e. The molecule has 2 aromatic heterocycles.